The molecule has 1 aromatic carbocycles. The van der Waals surface area contributed by atoms with Gasteiger partial charge < -0.3 is 20.1 Å². The predicted octanol–water partition coefficient (Wildman–Crippen LogP) is 3.54. The van der Waals surface area contributed by atoms with Crippen LogP contribution in [0.2, 0.25) is 15.1 Å². The summed E-state index contributed by atoms with van der Waals surface area (Å²) in [6, 6.07) is 1.96. The Hall–Kier alpha value is -1.63. The number of halogens is 3. The second-order valence-corrected chi connectivity index (χ2v) is 6.14. The molecule has 1 heterocycles. The van der Waals surface area contributed by atoms with E-state index in [1.807, 2.05) is 0 Å². The summed E-state index contributed by atoms with van der Waals surface area (Å²) < 4.78 is 10.6. The Morgan fingerprint density at radius 3 is 2.54 bits per heavy atom. The van der Waals surface area contributed by atoms with Crippen molar-refractivity contribution in [1.29, 1.82) is 0 Å². The Morgan fingerprint density at radius 2 is 1.88 bits per heavy atom. The first kappa shape index (κ1) is 18.7. The van der Waals surface area contributed by atoms with E-state index in [4.69, 9.17) is 44.3 Å². The Bertz CT molecular complexity index is 706. The largest absolute Gasteiger partial charge is 0.486 e. The Balaban J connectivity index is 2.26. The fourth-order valence-corrected chi connectivity index (χ4v) is 2.75. The third kappa shape index (κ3) is 4.26. The van der Waals surface area contributed by atoms with Crippen LogP contribution in [0.4, 0.5) is 4.79 Å². The summed E-state index contributed by atoms with van der Waals surface area (Å²) in [5.41, 5.74) is 0.583. The van der Waals surface area contributed by atoms with E-state index < -0.39 is 18.0 Å². The van der Waals surface area contributed by atoms with Crippen LogP contribution in [0.25, 0.3) is 0 Å². The fourth-order valence-electron chi connectivity index (χ4n) is 2.16. The molecule has 0 saturated carbocycles. The van der Waals surface area contributed by atoms with Crippen molar-refractivity contribution in [2.45, 2.75) is 19.9 Å². The molecule has 24 heavy (non-hydrogen) atoms. The number of hydrogen-bond acceptors (Lipinski definition) is 4. The van der Waals surface area contributed by atoms with E-state index in [1.54, 1.807) is 13.8 Å². The molecule has 1 unspecified atom stereocenters. The Kier molecular flexibility index (Phi) is 6.21. The predicted molar refractivity (Wildman–Crippen MR) is 91.8 cm³/mol. The SMILES string of the molecule is CCOC(=O)C1=C(COc2cc(Cl)c(Cl)cc2Cl)NC(=O)NC1C. The number of nitrogens with one attached hydrogen (secondary N) is 2. The van der Waals surface area contributed by atoms with E-state index in [2.05, 4.69) is 10.6 Å². The summed E-state index contributed by atoms with van der Waals surface area (Å²) in [6.07, 6.45) is 0. The van der Waals surface area contributed by atoms with Gasteiger partial charge in [-0.1, -0.05) is 34.8 Å². The van der Waals surface area contributed by atoms with E-state index in [0.717, 1.165) is 0 Å². The van der Waals surface area contributed by atoms with Crippen LogP contribution in [0, 0.1) is 0 Å². The van der Waals surface area contributed by atoms with E-state index in [9.17, 15) is 9.59 Å². The number of urea groups is 1. The number of rotatable bonds is 5. The van der Waals surface area contributed by atoms with Gasteiger partial charge in [-0.15, -0.1) is 0 Å². The van der Waals surface area contributed by atoms with Crippen molar-refractivity contribution < 1.29 is 19.1 Å². The number of carbonyl (C=O) groups is 2. The minimum atomic E-state index is -0.531. The van der Waals surface area contributed by atoms with Crippen LogP contribution in [0.3, 0.4) is 0 Å². The molecule has 0 aliphatic carbocycles. The number of amides is 2. The quantitative estimate of drug-likeness (QED) is 0.592. The van der Waals surface area contributed by atoms with Gasteiger partial charge in [-0.2, -0.15) is 0 Å². The highest BCUT2D eigenvalue weighted by Crippen LogP contribution is 2.34. The fraction of sp³-hybridized carbons (Fsp3) is 0.333. The minimum Gasteiger partial charge on any atom is -0.486 e. The summed E-state index contributed by atoms with van der Waals surface area (Å²) >= 11 is 17.9. The zero-order chi connectivity index (χ0) is 17.9. The van der Waals surface area contributed by atoms with Crippen molar-refractivity contribution in [1.82, 2.24) is 10.6 Å². The molecule has 2 rings (SSSR count). The van der Waals surface area contributed by atoms with Crippen molar-refractivity contribution in [2.24, 2.45) is 0 Å². The summed E-state index contributed by atoms with van der Waals surface area (Å²) in [7, 11) is 0. The number of hydrogen-bond donors (Lipinski definition) is 2. The summed E-state index contributed by atoms with van der Waals surface area (Å²) in [5, 5.41) is 5.98. The van der Waals surface area contributed by atoms with Crippen molar-refractivity contribution in [2.75, 3.05) is 13.2 Å². The lowest BCUT2D eigenvalue weighted by molar-refractivity contribution is -0.139. The normalized spacial score (nSPS) is 17.2. The highest BCUT2D eigenvalue weighted by Gasteiger charge is 2.30. The Morgan fingerprint density at radius 1 is 1.21 bits per heavy atom. The van der Waals surface area contributed by atoms with Gasteiger partial charge in [0.1, 0.15) is 12.4 Å². The molecule has 0 fully saturated rings. The number of benzene rings is 1. The molecule has 1 aliphatic heterocycles. The van der Waals surface area contributed by atoms with Gasteiger partial charge in [0.25, 0.3) is 0 Å². The minimum absolute atomic E-state index is 0.0937. The molecule has 2 N–H and O–H groups in total. The first-order chi connectivity index (χ1) is 11.3. The monoisotopic (exact) mass is 392 g/mol. The van der Waals surface area contributed by atoms with E-state index >= 15 is 0 Å². The smallest absolute Gasteiger partial charge is 0.338 e. The van der Waals surface area contributed by atoms with Crippen molar-refractivity contribution in [3.05, 3.63) is 38.5 Å². The van der Waals surface area contributed by atoms with Crippen LogP contribution in [-0.2, 0) is 9.53 Å². The van der Waals surface area contributed by atoms with Gasteiger partial charge in [0.15, 0.2) is 0 Å². The second kappa shape index (κ2) is 7.96. The van der Waals surface area contributed by atoms with Gasteiger partial charge in [0.05, 0.1) is 39.0 Å². The average molecular weight is 394 g/mol. The highest BCUT2D eigenvalue weighted by atomic mass is 35.5. The van der Waals surface area contributed by atoms with Gasteiger partial charge in [-0.25, -0.2) is 9.59 Å². The zero-order valence-electron chi connectivity index (χ0n) is 12.9. The van der Waals surface area contributed by atoms with Crippen LogP contribution in [0.1, 0.15) is 13.8 Å². The lowest BCUT2D eigenvalue weighted by Gasteiger charge is -2.26. The molecule has 2 amide bonds. The van der Waals surface area contributed by atoms with Crippen LogP contribution >= 0.6 is 34.8 Å². The third-order valence-corrected chi connectivity index (χ3v) is 4.23. The number of carbonyl (C=O) groups excluding carboxylic acids is 2. The molecule has 1 aromatic rings. The maximum atomic E-state index is 12.1. The molecule has 1 aliphatic rings. The first-order valence-corrected chi connectivity index (χ1v) is 8.21. The average Bonchev–Trinajstić information content (AvgIpc) is 2.49. The summed E-state index contributed by atoms with van der Waals surface area (Å²) in [5.74, 6) is -0.251. The zero-order valence-corrected chi connectivity index (χ0v) is 15.2. The lowest BCUT2D eigenvalue weighted by atomic mass is 10.0. The third-order valence-electron chi connectivity index (χ3n) is 3.21. The van der Waals surface area contributed by atoms with Crippen LogP contribution in [-0.4, -0.2) is 31.3 Å². The molecule has 0 spiro atoms. The van der Waals surface area contributed by atoms with Crippen molar-refractivity contribution in [3.63, 3.8) is 0 Å². The van der Waals surface area contributed by atoms with Gasteiger partial charge >= 0.3 is 12.0 Å². The van der Waals surface area contributed by atoms with Gasteiger partial charge in [-0.05, 0) is 19.9 Å². The molecule has 0 bridgehead atoms. The standard InChI is InChI=1S/C15H15Cl3N2O4/c1-3-23-14(21)13-7(2)19-15(22)20-11(13)6-24-12-5-9(17)8(16)4-10(12)18/h4-5,7H,3,6H2,1-2H3,(H2,19,20,22). The van der Waals surface area contributed by atoms with Gasteiger partial charge in [0.2, 0.25) is 0 Å². The van der Waals surface area contributed by atoms with Crippen molar-refractivity contribution >= 4 is 46.8 Å². The van der Waals surface area contributed by atoms with E-state index in [-0.39, 0.29) is 34.6 Å². The molecule has 1 atom stereocenters. The maximum Gasteiger partial charge on any atom is 0.338 e. The molecule has 0 saturated heterocycles. The Labute approximate surface area is 154 Å². The lowest BCUT2D eigenvalue weighted by Crippen LogP contribution is -2.50. The van der Waals surface area contributed by atoms with Gasteiger partial charge in [0, 0.05) is 6.07 Å². The van der Waals surface area contributed by atoms with Crippen LogP contribution in [0.5, 0.6) is 5.75 Å². The maximum absolute atomic E-state index is 12.1. The summed E-state index contributed by atoms with van der Waals surface area (Å²) in [6.45, 7) is 3.50. The van der Waals surface area contributed by atoms with Crippen molar-refractivity contribution in [3.8, 4) is 5.75 Å². The first-order valence-electron chi connectivity index (χ1n) is 7.08. The molecular formula is C15H15Cl3N2O4. The van der Waals surface area contributed by atoms with Crippen LogP contribution < -0.4 is 15.4 Å². The summed E-state index contributed by atoms with van der Waals surface area (Å²) in [4.78, 5) is 23.8. The molecule has 0 aromatic heterocycles. The molecule has 0 radical (unpaired) electrons. The molecular weight excluding hydrogens is 379 g/mol. The molecule has 9 heteroatoms. The van der Waals surface area contributed by atoms with E-state index in [1.165, 1.54) is 12.1 Å². The number of esters is 1. The van der Waals surface area contributed by atoms with Gasteiger partial charge in [-0.3, -0.25) is 0 Å². The highest BCUT2D eigenvalue weighted by molar-refractivity contribution is 6.43. The van der Waals surface area contributed by atoms with Crippen LogP contribution in [0.15, 0.2) is 23.4 Å². The topological polar surface area (TPSA) is 76.7 Å². The second-order valence-electron chi connectivity index (χ2n) is 4.92. The molecule has 130 valence electrons. The number of ether oxygens (including phenoxy) is 2. The molecule has 6 nitrogen and oxygen atoms in total. The van der Waals surface area contributed by atoms with E-state index in [0.29, 0.717) is 10.7 Å².